The highest BCUT2D eigenvalue weighted by atomic mass is 16.5. The van der Waals surface area contributed by atoms with Gasteiger partial charge in [-0.3, -0.25) is 4.79 Å². The highest BCUT2D eigenvalue weighted by molar-refractivity contribution is 5.92. The van der Waals surface area contributed by atoms with Crippen LogP contribution in [0, 0.1) is 0 Å². The van der Waals surface area contributed by atoms with Crippen LogP contribution in [0.3, 0.4) is 0 Å². The van der Waals surface area contributed by atoms with Crippen molar-refractivity contribution in [1.82, 2.24) is 0 Å². The summed E-state index contributed by atoms with van der Waals surface area (Å²) in [5.74, 6) is -1.72. The average molecular weight is 284 g/mol. The Balaban J connectivity index is 2.49. The lowest BCUT2D eigenvalue weighted by atomic mass is 10.1. The summed E-state index contributed by atoms with van der Waals surface area (Å²) in [5.41, 5.74) is 0.241. The van der Waals surface area contributed by atoms with Crippen molar-refractivity contribution in [1.29, 1.82) is 0 Å². The summed E-state index contributed by atoms with van der Waals surface area (Å²) in [7, 11) is 0. The zero-order chi connectivity index (χ0) is 15.1. The topological polar surface area (TPSA) is 124 Å². The Hall–Kier alpha value is -1.80. The standard InChI is InChI=1S/C13H16O7/c14-6-9(15)11(17)12(18)10(16)7-20-13(19)8-4-2-1-3-5-8/h1-5,9,11-12,14-15,17-18H,6-7H2/t9-,11+,12+/m0/s1. The molecule has 4 N–H and O–H groups in total. The molecule has 1 aromatic carbocycles. The van der Waals surface area contributed by atoms with Gasteiger partial charge in [-0.15, -0.1) is 0 Å². The molecule has 0 saturated carbocycles. The Morgan fingerprint density at radius 1 is 1.10 bits per heavy atom. The molecule has 3 atom stereocenters. The zero-order valence-electron chi connectivity index (χ0n) is 10.5. The molecular formula is C13H16O7. The summed E-state index contributed by atoms with van der Waals surface area (Å²) < 4.78 is 4.67. The van der Waals surface area contributed by atoms with Crippen LogP contribution in [0.15, 0.2) is 30.3 Å². The summed E-state index contributed by atoms with van der Waals surface area (Å²) in [6.07, 6.45) is -5.44. The maximum absolute atomic E-state index is 11.5. The van der Waals surface area contributed by atoms with E-state index in [0.717, 1.165) is 0 Å². The largest absolute Gasteiger partial charge is 0.454 e. The van der Waals surface area contributed by atoms with Crippen LogP contribution in [0.25, 0.3) is 0 Å². The molecule has 0 bridgehead atoms. The van der Waals surface area contributed by atoms with Crippen LogP contribution >= 0.6 is 0 Å². The summed E-state index contributed by atoms with van der Waals surface area (Å²) in [6, 6.07) is 7.93. The molecule has 7 nitrogen and oxygen atoms in total. The van der Waals surface area contributed by atoms with Crippen molar-refractivity contribution in [3.8, 4) is 0 Å². The number of hydrogen-bond acceptors (Lipinski definition) is 7. The second-order valence-electron chi connectivity index (χ2n) is 4.09. The van der Waals surface area contributed by atoms with E-state index in [0.29, 0.717) is 0 Å². The van der Waals surface area contributed by atoms with E-state index >= 15 is 0 Å². The smallest absolute Gasteiger partial charge is 0.338 e. The molecular weight excluding hydrogens is 268 g/mol. The predicted octanol–water partition coefficient (Wildman–Crippen LogP) is -1.51. The van der Waals surface area contributed by atoms with Gasteiger partial charge in [0, 0.05) is 0 Å². The molecule has 0 aliphatic heterocycles. The predicted molar refractivity (Wildman–Crippen MR) is 66.8 cm³/mol. The summed E-state index contributed by atoms with van der Waals surface area (Å²) in [6.45, 7) is -1.56. The third kappa shape index (κ3) is 4.39. The number of ether oxygens (including phenoxy) is 1. The van der Waals surface area contributed by atoms with E-state index in [4.69, 9.17) is 10.2 Å². The Labute approximate surface area is 115 Å². The lowest BCUT2D eigenvalue weighted by molar-refractivity contribution is -0.143. The number of aliphatic hydroxyl groups is 4. The van der Waals surface area contributed by atoms with Gasteiger partial charge in [0.2, 0.25) is 5.78 Å². The highest BCUT2D eigenvalue weighted by Gasteiger charge is 2.30. The van der Waals surface area contributed by atoms with Gasteiger partial charge in [0.25, 0.3) is 0 Å². The van der Waals surface area contributed by atoms with Crippen molar-refractivity contribution in [2.45, 2.75) is 18.3 Å². The molecule has 0 heterocycles. The van der Waals surface area contributed by atoms with Crippen LogP contribution in [-0.4, -0.2) is 63.7 Å². The Bertz CT molecular complexity index is 445. The van der Waals surface area contributed by atoms with Gasteiger partial charge in [-0.1, -0.05) is 18.2 Å². The van der Waals surface area contributed by atoms with E-state index in [2.05, 4.69) is 4.74 Å². The SMILES string of the molecule is O=C(OCC(=O)[C@@H](O)[C@H](O)[C@@H](O)CO)c1ccccc1. The monoisotopic (exact) mass is 284 g/mol. The van der Waals surface area contributed by atoms with Gasteiger partial charge in [0.15, 0.2) is 6.61 Å². The van der Waals surface area contributed by atoms with Gasteiger partial charge >= 0.3 is 5.97 Å². The fraction of sp³-hybridized carbons (Fsp3) is 0.385. The molecule has 1 rings (SSSR count). The van der Waals surface area contributed by atoms with E-state index in [1.165, 1.54) is 12.1 Å². The fourth-order valence-electron chi connectivity index (χ4n) is 1.39. The average Bonchev–Trinajstić information content (AvgIpc) is 2.50. The van der Waals surface area contributed by atoms with Crippen LogP contribution in [0.5, 0.6) is 0 Å². The second-order valence-corrected chi connectivity index (χ2v) is 4.09. The minimum absolute atomic E-state index is 0.241. The van der Waals surface area contributed by atoms with Crippen LogP contribution in [-0.2, 0) is 9.53 Å². The molecule has 110 valence electrons. The van der Waals surface area contributed by atoms with Gasteiger partial charge in [-0.2, -0.15) is 0 Å². The molecule has 1 aromatic rings. The molecule has 7 heteroatoms. The first-order chi connectivity index (χ1) is 9.47. The number of rotatable bonds is 7. The summed E-state index contributed by atoms with van der Waals surface area (Å²) in [4.78, 5) is 23.0. The number of carbonyl (C=O) groups is 2. The number of esters is 1. The molecule has 20 heavy (non-hydrogen) atoms. The van der Waals surface area contributed by atoms with Crippen molar-refractivity contribution in [3.63, 3.8) is 0 Å². The Kier molecular flexibility index (Phi) is 6.26. The van der Waals surface area contributed by atoms with Crippen molar-refractivity contribution in [2.24, 2.45) is 0 Å². The van der Waals surface area contributed by atoms with Crippen molar-refractivity contribution < 1.29 is 34.8 Å². The van der Waals surface area contributed by atoms with Crippen LogP contribution in [0.1, 0.15) is 10.4 Å². The number of aliphatic hydroxyl groups excluding tert-OH is 4. The minimum Gasteiger partial charge on any atom is -0.454 e. The number of hydrogen-bond donors (Lipinski definition) is 4. The van der Waals surface area contributed by atoms with E-state index < -0.39 is 43.3 Å². The van der Waals surface area contributed by atoms with Crippen LogP contribution in [0.2, 0.25) is 0 Å². The van der Waals surface area contributed by atoms with Gasteiger partial charge in [0.05, 0.1) is 12.2 Å². The first-order valence-corrected chi connectivity index (χ1v) is 5.87. The third-order valence-corrected chi connectivity index (χ3v) is 2.59. The normalized spacial score (nSPS) is 15.2. The first kappa shape index (κ1) is 16.3. The van der Waals surface area contributed by atoms with Gasteiger partial charge in [0.1, 0.15) is 18.3 Å². The van der Waals surface area contributed by atoms with E-state index in [9.17, 15) is 19.8 Å². The lowest BCUT2D eigenvalue weighted by Crippen LogP contribution is -2.45. The van der Waals surface area contributed by atoms with Gasteiger partial charge in [-0.25, -0.2) is 4.79 Å². The first-order valence-electron chi connectivity index (χ1n) is 5.87. The molecule has 0 fully saturated rings. The van der Waals surface area contributed by atoms with Crippen molar-refractivity contribution in [3.05, 3.63) is 35.9 Å². The van der Waals surface area contributed by atoms with E-state index in [1.54, 1.807) is 18.2 Å². The number of Topliss-reactive ketones (excluding diaryl/α,β-unsaturated/α-hetero) is 1. The minimum atomic E-state index is -1.94. The van der Waals surface area contributed by atoms with E-state index in [-0.39, 0.29) is 5.56 Å². The third-order valence-electron chi connectivity index (χ3n) is 2.59. The summed E-state index contributed by atoms with van der Waals surface area (Å²) in [5, 5.41) is 36.4. The van der Waals surface area contributed by atoms with Crippen molar-refractivity contribution >= 4 is 11.8 Å². The zero-order valence-corrected chi connectivity index (χ0v) is 10.5. The maximum atomic E-state index is 11.5. The van der Waals surface area contributed by atoms with Gasteiger partial charge < -0.3 is 25.2 Å². The Morgan fingerprint density at radius 2 is 1.70 bits per heavy atom. The number of ketones is 1. The quantitative estimate of drug-likeness (QED) is 0.448. The van der Waals surface area contributed by atoms with E-state index in [1.807, 2.05) is 0 Å². The lowest BCUT2D eigenvalue weighted by Gasteiger charge is -2.20. The molecule has 0 aliphatic rings. The van der Waals surface area contributed by atoms with Crippen LogP contribution in [0.4, 0.5) is 0 Å². The number of carbonyl (C=O) groups excluding carboxylic acids is 2. The molecule has 0 spiro atoms. The van der Waals surface area contributed by atoms with Crippen LogP contribution < -0.4 is 0 Å². The van der Waals surface area contributed by atoms with Gasteiger partial charge in [-0.05, 0) is 12.1 Å². The molecule has 0 saturated heterocycles. The molecule has 0 unspecified atom stereocenters. The second kappa shape index (κ2) is 7.71. The molecule has 0 radical (unpaired) electrons. The summed E-state index contributed by atoms with van der Waals surface area (Å²) >= 11 is 0. The molecule has 0 amide bonds. The molecule has 0 aliphatic carbocycles. The maximum Gasteiger partial charge on any atom is 0.338 e. The highest BCUT2D eigenvalue weighted by Crippen LogP contribution is 2.04. The Morgan fingerprint density at radius 3 is 2.25 bits per heavy atom. The van der Waals surface area contributed by atoms with Crippen molar-refractivity contribution in [2.75, 3.05) is 13.2 Å². The fourth-order valence-corrected chi connectivity index (χ4v) is 1.39. The number of benzene rings is 1. The molecule has 0 aromatic heterocycles.